The van der Waals surface area contributed by atoms with Crippen molar-refractivity contribution in [1.29, 1.82) is 0 Å². The Balaban J connectivity index is 1.48. The Morgan fingerprint density at radius 1 is 1.15 bits per heavy atom. The normalized spacial score (nSPS) is 13.9. The van der Waals surface area contributed by atoms with Crippen LogP contribution in [0.5, 0.6) is 0 Å². The molecule has 1 fully saturated rings. The number of carbonyl (C=O) groups excluding carboxylic acids is 3. The zero-order valence-corrected chi connectivity index (χ0v) is 15.1. The summed E-state index contributed by atoms with van der Waals surface area (Å²) in [6, 6.07) is 14.3. The van der Waals surface area contributed by atoms with Crippen molar-refractivity contribution in [2.75, 3.05) is 6.54 Å². The number of urea groups is 1. The van der Waals surface area contributed by atoms with Gasteiger partial charge in [0.25, 0.3) is 5.91 Å². The lowest BCUT2D eigenvalue weighted by Gasteiger charge is -2.15. The number of imide groups is 1. The summed E-state index contributed by atoms with van der Waals surface area (Å²) >= 11 is 1.53. The van der Waals surface area contributed by atoms with Crippen molar-refractivity contribution in [3.05, 3.63) is 64.7 Å². The molecular formula is C19H16N4O3S. The minimum atomic E-state index is -0.440. The average Bonchev–Trinajstić information content (AvgIpc) is 3.24. The molecule has 0 atom stereocenters. The van der Waals surface area contributed by atoms with Gasteiger partial charge in [-0.2, -0.15) is 0 Å². The standard InChI is InChI=1S/C19H16N4O3S/c24-17-10-21-19(26)23(17)11-12-5-1-2-6-13(12)18(25)20-9-16-22-14-7-3-4-8-15(14)27-16/h1-8H,9-11H2,(H,20,25)(H,21,26). The summed E-state index contributed by atoms with van der Waals surface area (Å²) in [5.74, 6) is -0.568. The van der Waals surface area contributed by atoms with Gasteiger partial charge in [-0.3, -0.25) is 14.5 Å². The third-order valence-electron chi connectivity index (χ3n) is 4.27. The molecule has 1 aromatic heterocycles. The molecule has 1 aliphatic rings. The number of benzene rings is 2. The minimum Gasteiger partial charge on any atom is -0.346 e. The quantitative estimate of drug-likeness (QED) is 0.665. The number of hydrogen-bond donors (Lipinski definition) is 2. The number of carbonyl (C=O) groups is 3. The zero-order chi connectivity index (χ0) is 18.8. The number of amides is 4. The van der Waals surface area contributed by atoms with Gasteiger partial charge < -0.3 is 10.6 Å². The van der Waals surface area contributed by atoms with Gasteiger partial charge in [0, 0.05) is 5.56 Å². The molecule has 1 aliphatic heterocycles. The molecule has 1 saturated heterocycles. The molecule has 7 nitrogen and oxygen atoms in total. The van der Waals surface area contributed by atoms with Crippen molar-refractivity contribution < 1.29 is 14.4 Å². The van der Waals surface area contributed by atoms with Gasteiger partial charge in [-0.05, 0) is 23.8 Å². The molecule has 27 heavy (non-hydrogen) atoms. The van der Waals surface area contributed by atoms with Crippen LogP contribution in [0.2, 0.25) is 0 Å². The van der Waals surface area contributed by atoms with E-state index in [0.29, 0.717) is 17.7 Å². The van der Waals surface area contributed by atoms with Crippen LogP contribution < -0.4 is 10.6 Å². The molecule has 0 radical (unpaired) electrons. The molecule has 0 spiro atoms. The number of nitrogens with zero attached hydrogens (tertiary/aromatic N) is 2. The van der Waals surface area contributed by atoms with Crippen molar-refractivity contribution in [3.63, 3.8) is 0 Å². The van der Waals surface area contributed by atoms with E-state index in [-0.39, 0.29) is 24.9 Å². The second kappa shape index (κ2) is 7.16. The van der Waals surface area contributed by atoms with E-state index in [1.165, 1.54) is 11.3 Å². The lowest BCUT2D eigenvalue weighted by atomic mass is 10.1. The van der Waals surface area contributed by atoms with Crippen LogP contribution in [0.4, 0.5) is 4.79 Å². The van der Waals surface area contributed by atoms with Gasteiger partial charge in [0.2, 0.25) is 5.91 Å². The van der Waals surface area contributed by atoms with Crippen molar-refractivity contribution in [3.8, 4) is 0 Å². The molecule has 2 aromatic carbocycles. The first-order valence-corrected chi connectivity index (χ1v) is 9.22. The van der Waals surface area contributed by atoms with Gasteiger partial charge in [0.15, 0.2) is 0 Å². The Labute approximate surface area is 159 Å². The molecular weight excluding hydrogens is 364 g/mol. The first-order valence-electron chi connectivity index (χ1n) is 8.40. The Morgan fingerprint density at radius 2 is 1.93 bits per heavy atom. The van der Waals surface area contributed by atoms with Crippen LogP contribution in [0.15, 0.2) is 48.5 Å². The predicted molar refractivity (Wildman–Crippen MR) is 101 cm³/mol. The molecule has 8 heteroatoms. The average molecular weight is 380 g/mol. The number of nitrogens with one attached hydrogen (secondary N) is 2. The maximum Gasteiger partial charge on any atom is 0.324 e. The van der Waals surface area contributed by atoms with Crippen LogP contribution in [-0.2, 0) is 17.9 Å². The summed E-state index contributed by atoms with van der Waals surface area (Å²) < 4.78 is 1.07. The summed E-state index contributed by atoms with van der Waals surface area (Å²) in [4.78, 5) is 41.8. The van der Waals surface area contributed by atoms with E-state index in [1.807, 2.05) is 24.3 Å². The number of para-hydroxylation sites is 1. The number of fused-ring (bicyclic) bond motifs is 1. The largest absolute Gasteiger partial charge is 0.346 e. The molecule has 3 aromatic rings. The molecule has 0 saturated carbocycles. The topological polar surface area (TPSA) is 91.4 Å². The molecule has 136 valence electrons. The van der Waals surface area contributed by atoms with E-state index < -0.39 is 6.03 Å². The van der Waals surface area contributed by atoms with Crippen LogP contribution in [0.25, 0.3) is 10.2 Å². The van der Waals surface area contributed by atoms with E-state index in [2.05, 4.69) is 15.6 Å². The van der Waals surface area contributed by atoms with Gasteiger partial charge >= 0.3 is 6.03 Å². The minimum absolute atomic E-state index is 0.00912. The van der Waals surface area contributed by atoms with Crippen molar-refractivity contribution in [1.82, 2.24) is 20.5 Å². The van der Waals surface area contributed by atoms with Crippen LogP contribution >= 0.6 is 11.3 Å². The first kappa shape index (κ1) is 17.2. The van der Waals surface area contributed by atoms with Crippen LogP contribution in [0.3, 0.4) is 0 Å². The van der Waals surface area contributed by atoms with Crippen LogP contribution in [0.1, 0.15) is 20.9 Å². The highest BCUT2D eigenvalue weighted by molar-refractivity contribution is 7.18. The molecule has 0 unspecified atom stereocenters. The van der Waals surface area contributed by atoms with Crippen LogP contribution in [-0.4, -0.2) is 34.3 Å². The summed E-state index contributed by atoms with van der Waals surface area (Å²) in [5.41, 5.74) is 1.96. The van der Waals surface area contributed by atoms with Gasteiger partial charge in [0.1, 0.15) is 5.01 Å². The lowest BCUT2D eigenvalue weighted by Crippen LogP contribution is -2.32. The maximum absolute atomic E-state index is 12.7. The first-order chi connectivity index (χ1) is 13.1. The predicted octanol–water partition coefficient (Wildman–Crippen LogP) is 2.28. The highest BCUT2D eigenvalue weighted by atomic mass is 32.1. The Bertz CT molecular complexity index is 997. The van der Waals surface area contributed by atoms with Gasteiger partial charge in [0.05, 0.1) is 29.9 Å². The maximum atomic E-state index is 12.7. The highest BCUT2D eigenvalue weighted by Crippen LogP contribution is 2.21. The monoisotopic (exact) mass is 380 g/mol. The number of rotatable bonds is 5. The SMILES string of the molecule is O=C(NCc1nc2ccccc2s1)c1ccccc1CN1C(=O)CNC1=O. The molecule has 2 N–H and O–H groups in total. The Kier molecular flexibility index (Phi) is 4.55. The Hall–Kier alpha value is -3.26. The fourth-order valence-corrected chi connectivity index (χ4v) is 3.82. The molecule has 4 amide bonds. The number of hydrogen-bond acceptors (Lipinski definition) is 5. The third-order valence-corrected chi connectivity index (χ3v) is 5.30. The lowest BCUT2D eigenvalue weighted by molar-refractivity contribution is -0.125. The fourth-order valence-electron chi connectivity index (χ4n) is 2.91. The van der Waals surface area contributed by atoms with E-state index in [9.17, 15) is 14.4 Å². The molecule has 4 rings (SSSR count). The zero-order valence-electron chi connectivity index (χ0n) is 14.3. The smallest absolute Gasteiger partial charge is 0.324 e. The van der Waals surface area contributed by atoms with E-state index >= 15 is 0 Å². The van der Waals surface area contributed by atoms with E-state index in [4.69, 9.17) is 0 Å². The van der Waals surface area contributed by atoms with Crippen LogP contribution in [0, 0.1) is 0 Å². The van der Waals surface area contributed by atoms with Gasteiger partial charge in [-0.25, -0.2) is 9.78 Å². The summed E-state index contributed by atoms with van der Waals surface area (Å²) in [7, 11) is 0. The van der Waals surface area contributed by atoms with Crippen molar-refractivity contribution >= 4 is 39.4 Å². The van der Waals surface area contributed by atoms with Gasteiger partial charge in [-0.1, -0.05) is 30.3 Å². The van der Waals surface area contributed by atoms with Gasteiger partial charge in [-0.15, -0.1) is 11.3 Å². The van der Waals surface area contributed by atoms with Crippen molar-refractivity contribution in [2.45, 2.75) is 13.1 Å². The molecule has 2 heterocycles. The fraction of sp³-hybridized carbons (Fsp3) is 0.158. The highest BCUT2D eigenvalue weighted by Gasteiger charge is 2.29. The summed E-state index contributed by atoms with van der Waals surface area (Å²) in [5, 5.41) is 6.16. The van der Waals surface area contributed by atoms with E-state index in [1.54, 1.807) is 24.3 Å². The number of thiazole rings is 1. The summed E-state index contributed by atoms with van der Waals surface area (Å²) in [6.07, 6.45) is 0. The summed E-state index contributed by atoms with van der Waals surface area (Å²) in [6.45, 7) is 0.371. The second-order valence-electron chi connectivity index (χ2n) is 6.05. The third kappa shape index (κ3) is 3.52. The number of aromatic nitrogens is 1. The van der Waals surface area contributed by atoms with Crippen molar-refractivity contribution in [2.24, 2.45) is 0 Å². The Morgan fingerprint density at radius 3 is 2.70 bits per heavy atom. The van der Waals surface area contributed by atoms with E-state index in [0.717, 1.165) is 20.1 Å². The second-order valence-corrected chi connectivity index (χ2v) is 7.17. The molecule has 0 aliphatic carbocycles. The molecule has 0 bridgehead atoms.